The number of aryl methyl sites for hydroxylation is 2. The molecule has 1 atom stereocenters. The second-order valence-electron chi connectivity index (χ2n) is 6.15. The van der Waals surface area contributed by atoms with Crippen LogP contribution in [-0.2, 0) is 6.54 Å². The fourth-order valence-corrected chi connectivity index (χ4v) is 2.82. The van der Waals surface area contributed by atoms with Crippen LogP contribution in [0.1, 0.15) is 52.1 Å². The average Bonchev–Trinajstić information content (AvgIpc) is 2.72. The largest absolute Gasteiger partial charge is 0.353 e. The van der Waals surface area contributed by atoms with Crippen molar-refractivity contribution in [3.8, 4) is 0 Å². The van der Waals surface area contributed by atoms with Crippen LogP contribution in [0.15, 0.2) is 6.20 Å². The van der Waals surface area contributed by atoms with E-state index in [0.717, 1.165) is 24.6 Å². The predicted octanol–water partition coefficient (Wildman–Crippen LogP) is 3.59. The van der Waals surface area contributed by atoms with E-state index in [9.17, 15) is 0 Å². The van der Waals surface area contributed by atoms with Crippen molar-refractivity contribution < 1.29 is 0 Å². The molecule has 17 heavy (non-hydrogen) atoms. The van der Waals surface area contributed by atoms with Crippen molar-refractivity contribution in [1.82, 2.24) is 9.55 Å². The topological polar surface area (TPSA) is 29.9 Å². The smallest absolute Gasteiger partial charge is 0.203 e. The third kappa shape index (κ3) is 3.02. The maximum atomic E-state index is 4.59. The Kier molecular flexibility index (Phi) is 3.45. The van der Waals surface area contributed by atoms with Gasteiger partial charge in [0.15, 0.2) is 0 Å². The second kappa shape index (κ2) is 4.71. The molecular weight excluding hydrogens is 210 g/mol. The molecule has 3 nitrogen and oxygen atoms in total. The minimum atomic E-state index is 0.495. The molecule has 0 radical (unpaired) electrons. The van der Waals surface area contributed by atoms with Crippen molar-refractivity contribution in [2.75, 3.05) is 5.32 Å². The van der Waals surface area contributed by atoms with Gasteiger partial charge in [0.05, 0.1) is 5.69 Å². The molecule has 1 unspecified atom stereocenters. The lowest BCUT2D eigenvalue weighted by atomic mass is 9.92. The van der Waals surface area contributed by atoms with E-state index in [0.29, 0.717) is 11.5 Å². The van der Waals surface area contributed by atoms with Crippen molar-refractivity contribution in [2.45, 2.75) is 66.0 Å². The van der Waals surface area contributed by atoms with Gasteiger partial charge in [-0.1, -0.05) is 20.8 Å². The standard InChI is InChI=1S/C14H25N3/c1-5-8-17-10-11(2)15-13(17)16-12-6-7-14(3,4)9-12/h10,12H,5-9H2,1-4H3,(H,15,16). The number of nitrogens with zero attached hydrogens (tertiary/aromatic N) is 2. The van der Waals surface area contributed by atoms with Gasteiger partial charge < -0.3 is 9.88 Å². The maximum absolute atomic E-state index is 4.59. The van der Waals surface area contributed by atoms with Gasteiger partial charge in [-0.05, 0) is 38.0 Å². The second-order valence-corrected chi connectivity index (χ2v) is 6.15. The number of rotatable bonds is 4. The minimum Gasteiger partial charge on any atom is -0.353 e. The van der Waals surface area contributed by atoms with Gasteiger partial charge in [0.25, 0.3) is 0 Å². The summed E-state index contributed by atoms with van der Waals surface area (Å²) in [4.78, 5) is 4.59. The molecule has 0 aliphatic heterocycles. The van der Waals surface area contributed by atoms with Crippen molar-refractivity contribution in [2.24, 2.45) is 5.41 Å². The summed E-state index contributed by atoms with van der Waals surface area (Å²) in [5.41, 5.74) is 1.60. The Bertz CT molecular complexity index is 379. The van der Waals surface area contributed by atoms with Crippen LogP contribution < -0.4 is 5.32 Å². The zero-order valence-electron chi connectivity index (χ0n) is 11.6. The first-order valence-corrected chi connectivity index (χ1v) is 6.80. The maximum Gasteiger partial charge on any atom is 0.203 e. The van der Waals surface area contributed by atoms with E-state index in [2.05, 4.69) is 48.8 Å². The molecule has 0 bridgehead atoms. The van der Waals surface area contributed by atoms with Crippen LogP contribution >= 0.6 is 0 Å². The molecule has 1 aliphatic carbocycles. The Hall–Kier alpha value is -0.990. The van der Waals surface area contributed by atoms with Crippen LogP contribution in [0.25, 0.3) is 0 Å². The van der Waals surface area contributed by atoms with E-state index in [1.165, 1.54) is 19.3 Å². The molecule has 3 heteroatoms. The molecule has 1 heterocycles. The number of aromatic nitrogens is 2. The van der Waals surface area contributed by atoms with Gasteiger partial charge in [-0.2, -0.15) is 0 Å². The summed E-state index contributed by atoms with van der Waals surface area (Å²) in [7, 11) is 0. The fourth-order valence-electron chi connectivity index (χ4n) is 2.82. The van der Waals surface area contributed by atoms with Crippen molar-refractivity contribution >= 4 is 5.95 Å². The first kappa shape index (κ1) is 12.5. The number of imidazole rings is 1. The Labute approximate surface area is 105 Å². The molecule has 0 amide bonds. The highest BCUT2D eigenvalue weighted by atomic mass is 15.2. The molecular formula is C14H25N3. The summed E-state index contributed by atoms with van der Waals surface area (Å²) in [6.07, 6.45) is 7.14. The molecule has 1 aromatic rings. The number of anilines is 1. The summed E-state index contributed by atoms with van der Waals surface area (Å²) in [6, 6.07) is 0.599. The van der Waals surface area contributed by atoms with Crippen LogP contribution in [-0.4, -0.2) is 15.6 Å². The first-order valence-electron chi connectivity index (χ1n) is 6.80. The van der Waals surface area contributed by atoms with E-state index < -0.39 is 0 Å². The third-order valence-corrected chi connectivity index (χ3v) is 3.66. The number of nitrogens with one attached hydrogen (secondary N) is 1. The van der Waals surface area contributed by atoms with Gasteiger partial charge in [0.2, 0.25) is 5.95 Å². The summed E-state index contributed by atoms with van der Waals surface area (Å²) in [6.45, 7) is 10.0. The lowest BCUT2D eigenvalue weighted by Crippen LogP contribution is -2.20. The molecule has 0 spiro atoms. The van der Waals surface area contributed by atoms with Crippen LogP contribution in [0.4, 0.5) is 5.95 Å². The highest BCUT2D eigenvalue weighted by Crippen LogP contribution is 2.38. The van der Waals surface area contributed by atoms with E-state index in [1.807, 2.05) is 0 Å². The first-order chi connectivity index (χ1) is 8.00. The summed E-state index contributed by atoms with van der Waals surface area (Å²) in [5.74, 6) is 1.06. The lowest BCUT2D eigenvalue weighted by Gasteiger charge is -2.18. The molecule has 0 saturated heterocycles. The normalized spacial score (nSPS) is 22.9. The Morgan fingerprint density at radius 2 is 2.29 bits per heavy atom. The number of hydrogen-bond donors (Lipinski definition) is 1. The van der Waals surface area contributed by atoms with Crippen LogP contribution in [0.2, 0.25) is 0 Å². The number of hydrogen-bond acceptors (Lipinski definition) is 2. The lowest BCUT2D eigenvalue weighted by molar-refractivity contribution is 0.378. The summed E-state index contributed by atoms with van der Waals surface area (Å²) < 4.78 is 2.25. The third-order valence-electron chi connectivity index (χ3n) is 3.66. The molecule has 0 aromatic carbocycles. The molecule has 1 N–H and O–H groups in total. The monoisotopic (exact) mass is 235 g/mol. The van der Waals surface area contributed by atoms with Gasteiger partial charge in [0.1, 0.15) is 0 Å². The summed E-state index contributed by atoms with van der Waals surface area (Å²) in [5, 5.41) is 3.62. The van der Waals surface area contributed by atoms with Crippen LogP contribution in [0.3, 0.4) is 0 Å². The van der Waals surface area contributed by atoms with Crippen molar-refractivity contribution in [1.29, 1.82) is 0 Å². The minimum absolute atomic E-state index is 0.495. The highest BCUT2D eigenvalue weighted by Gasteiger charge is 2.31. The van der Waals surface area contributed by atoms with E-state index in [1.54, 1.807) is 0 Å². The fraction of sp³-hybridized carbons (Fsp3) is 0.786. The predicted molar refractivity (Wildman–Crippen MR) is 72.3 cm³/mol. The van der Waals surface area contributed by atoms with Gasteiger partial charge >= 0.3 is 0 Å². The van der Waals surface area contributed by atoms with Crippen molar-refractivity contribution in [3.05, 3.63) is 11.9 Å². The molecule has 1 aliphatic rings. The van der Waals surface area contributed by atoms with Gasteiger partial charge in [-0.15, -0.1) is 0 Å². The highest BCUT2D eigenvalue weighted by molar-refractivity contribution is 5.30. The Morgan fingerprint density at radius 3 is 2.88 bits per heavy atom. The Morgan fingerprint density at radius 1 is 1.53 bits per heavy atom. The van der Waals surface area contributed by atoms with Crippen LogP contribution in [0, 0.1) is 12.3 Å². The van der Waals surface area contributed by atoms with E-state index in [-0.39, 0.29) is 0 Å². The quantitative estimate of drug-likeness (QED) is 0.864. The summed E-state index contributed by atoms with van der Waals surface area (Å²) >= 11 is 0. The SMILES string of the molecule is CCCn1cc(C)nc1NC1CCC(C)(C)C1. The molecule has 1 aromatic heterocycles. The van der Waals surface area contributed by atoms with Crippen molar-refractivity contribution in [3.63, 3.8) is 0 Å². The molecule has 1 fully saturated rings. The van der Waals surface area contributed by atoms with Gasteiger partial charge in [0, 0.05) is 18.8 Å². The average molecular weight is 235 g/mol. The van der Waals surface area contributed by atoms with Gasteiger partial charge in [-0.25, -0.2) is 4.98 Å². The molecule has 2 rings (SSSR count). The molecule has 1 saturated carbocycles. The Balaban J connectivity index is 2.03. The molecule has 96 valence electrons. The van der Waals surface area contributed by atoms with Crippen LogP contribution in [0.5, 0.6) is 0 Å². The zero-order valence-corrected chi connectivity index (χ0v) is 11.6. The zero-order chi connectivity index (χ0) is 12.5. The van der Waals surface area contributed by atoms with Gasteiger partial charge in [-0.3, -0.25) is 0 Å². The van der Waals surface area contributed by atoms with E-state index >= 15 is 0 Å². The van der Waals surface area contributed by atoms with E-state index in [4.69, 9.17) is 0 Å².